The van der Waals surface area contributed by atoms with Crippen molar-refractivity contribution in [2.75, 3.05) is 17.6 Å². The fourth-order valence-corrected chi connectivity index (χ4v) is 2.05. The predicted molar refractivity (Wildman–Crippen MR) is 92.9 cm³/mol. The number of hydrogen-bond donors (Lipinski definition) is 4. The fraction of sp³-hybridized carbons (Fsp3) is 0.429. The van der Waals surface area contributed by atoms with E-state index in [0.717, 1.165) is 3.57 Å². The smallest absolute Gasteiger partial charge is 0.408 e. The van der Waals surface area contributed by atoms with E-state index in [2.05, 4.69) is 33.2 Å². The lowest BCUT2D eigenvalue weighted by Crippen LogP contribution is -2.47. The SMILES string of the molecule is CC(C)(C)OC(=O)N[C@@H](CNc1cccc(I)c1N)C(=O)O. The molecule has 0 spiro atoms. The van der Waals surface area contributed by atoms with Gasteiger partial charge in [0, 0.05) is 10.1 Å². The lowest BCUT2D eigenvalue weighted by molar-refractivity contribution is -0.139. The number of carboxylic acid groups (broad SMARTS) is 1. The number of aliphatic carboxylic acids is 1. The number of benzene rings is 1. The van der Waals surface area contributed by atoms with E-state index >= 15 is 0 Å². The number of amides is 1. The monoisotopic (exact) mass is 421 g/mol. The van der Waals surface area contributed by atoms with Gasteiger partial charge in [-0.2, -0.15) is 0 Å². The highest BCUT2D eigenvalue weighted by molar-refractivity contribution is 14.1. The summed E-state index contributed by atoms with van der Waals surface area (Å²) >= 11 is 2.08. The van der Waals surface area contributed by atoms with Crippen molar-refractivity contribution in [3.05, 3.63) is 21.8 Å². The summed E-state index contributed by atoms with van der Waals surface area (Å²) in [6.45, 7) is 5.09. The van der Waals surface area contributed by atoms with Crippen molar-refractivity contribution in [1.29, 1.82) is 0 Å². The lowest BCUT2D eigenvalue weighted by atomic mass is 10.2. The number of ether oxygens (including phenoxy) is 1. The van der Waals surface area contributed by atoms with Gasteiger partial charge in [-0.15, -0.1) is 0 Å². The summed E-state index contributed by atoms with van der Waals surface area (Å²) in [5.41, 5.74) is 6.35. The number of nitrogen functional groups attached to an aromatic ring is 1. The number of alkyl carbamates (subject to hydrolysis) is 1. The van der Waals surface area contributed by atoms with E-state index in [-0.39, 0.29) is 6.54 Å². The van der Waals surface area contributed by atoms with E-state index < -0.39 is 23.7 Å². The van der Waals surface area contributed by atoms with Gasteiger partial charge in [0.15, 0.2) is 0 Å². The molecule has 22 heavy (non-hydrogen) atoms. The van der Waals surface area contributed by atoms with Crippen LogP contribution in [0.2, 0.25) is 0 Å². The van der Waals surface area contributed by atoms with Crippen LogP contribution in [0.5, 0.6) is 0 Å². The topological polar surface area (TPSA) is 114 Å². The maximum absolute atomic E-state index is 11.7. The molecule has 1 amide bonds. The van der Waals surface area contributed by atoms with Gasteiger partial charge in [-0.3, -0.25) is 0 Å². The number of hydrogen-bond acceptors (Lipinski definition) is 5. The molecule has 0 unspecified atom stereocenters. The molecular formula is C14H20IN3O4. The summed E-state index contributed by atoms with van der Waals surface area (Å²) in [5, 5.41) is 14.4. The standard InChI is InChI=1S/C14H20IN3O4/c1-14(2,3)22-13(21)18-10(12(19)20)7-17-9-6-4-5-8(15)11(9)16/h4-6,10,17H,7,16H2,1-3H3,(H,18,21)(H,19,20)/t10-/m0/s1. The molecule has 0 bridgehead atoms. The summed E-state index contributed by atoms with van der Waals surface area (Å²) in [5.74, 6) is -1.16. The number of para-hydroxylation sites is 1. The minimum atomic E-state index is -1.16. The number of carbonyl (C=O) groups excluding carboxylic acids is 1. The first kappa shape index (κ1) is 18.3. The first-order valence-electron chi connectivity index (χ1n) is 6.60. The van der Waals surface area contributed by atoms with Crippen LogP contribution < -0.4 is 16.4 Å². The van der Waals surface area contributed by atoms with E-state index in [1.807, 2.05) is 6.07 Å². The van der Waals surface area contributed by atoms with Gasteiger partial charge in [0.2, 0.25) is 0 Å². The second-order valence-corrected chi connectivity index (χ2v) is 6.78. The highest BCUT2D eigenvalue weighted by Crippen LogP contribution is 2.23. The maximum Gasteiger partial charge on any atom is 0.408 e. The van der Waals surface area contributed by atoms with Crippen LogP contribution in [-0.2, 0) is 9.53 Å². The Labute approximate surface area is 142 Å². The Bertz CT molecular complexity index is 558. The van der Waals surface area contributed by atoms with Crippen LogP contribution in [0.1, 0.15) is 20.8 Å². The van der Waals surface area contributed by atoms with E-state index in [1.54, 1.807) is 32.9 Å². The molecule has 0 aliphatic carbocycles. The van der Waals surface area contributed by atoms with Crippen molar-refractivity contribution < 1.29 is 19.4 Å². The highest BCUT2D eigenvalue weighted by atomic mass is 127. The van der Waals surface area contributed by atoms with E-state index in [9.17, 15) is 14.7 Å². The average Bonchev–Trinajstić information content (AvgIpc) is 2.36. The van der Waals surface area contributed by atoms with Gasteiger partial charge in [0.1, 0.15) is 11.6 Å². The molecule has 1 aromatic carbocycles. The molecule has 0 aliphatic heterocycles. The molecule has 0 heterocycles. The van der Waals surface area contributed by atoms with Crippen molar-refractivity contribution in [3.8, 4) is 0 Å². The Kier molecular flexibility index (Phi) is 6.27. The number of nitrogens with one attached hydrogen (secondary N) is 2. The maximum atomic E-state index is 11.7. The third kappa shape index (κ3) is 5.96. The number of carbonyl (C=O) groups is 2. The van der Waals surface area contributed by atoms with Gasteiger partial charge in [-0.05, 0) is 55.5 Å². The van der Waals surface area contributed by atoms with Crippen molar-refractivity contribution in [3.63, 3.8) is 0 Å². The van der Waals surface area contributed by atoms with Gasteiger partial charge in [0.05, 0.1) is 11.4 Å². The molecule has 1 aromatic rings. The minimum absolute atomic E-state index is 0.0150. The average molecular weight is 421 g/mol. The van der Waals surface area contributed by atoms with Gasteiger partial charge in [0.25, 0.3) is 0 Å². The molecule has 1 atom stereocenters. The zero-order valence-electron chi connectivity index (χ0n) is 12.6. The first-order chi connectivity index (χ1) is 10.1. The second-order valence-electron chi connectivity index (χ2n) is 5.62. The van der Waals surface area contributed by atoms with Crippen molar-refractivity contribution in [1.82, 2.24) is 5.32 Å². The lowest BCUT2D eigenvalue weighted by Gasteiger charge is -2.22. The molecular weight excluding hydrogens is 401 g/mol. The minimum Gasteiger partial charge on any atom is -0.480 e. The predicted octanol–water partition coefficient (Wildman–Crippen LogP) is 2.26. The largest absolute Gasteiger partial charge is 0.480 e. The molecule has 0 radical (unpaired) electrons. The van der Waals surface area contributed by atoms with Crippen molar-refractivity contribution in [2.45, 2.75) is 32.4 Å². The van der Waals surface area contributed by atoms with Crippen molar-refractivity contribution >= 4 is 46.0 Å². The number of anilines is 2. The molecule has 5 N–H and O–H groups in total. The van der Waals surface area contributed by atoms with Crippen LogP contribution in [0.4, 0.5) is 16.2 Å². The van der Waals surface area contributed by atoms with Crippen molar-refractivity contribution in [2.24, 2.45) is 0 Å². The molecule has 0 saturated carbocycles. The van der Waals surface area contributed by atoms with Gasteiger partial charge < -0.3 is 26.2 Å². The molecule has 0 saturated heterocycles. The molecule has 0 aliphatic rings. The molecule has 1 rings (SSSR count). The Morgan fingerprint density at radius 1 is 1.41 bits per heavy atom. The van der Waals surface area contributed by atoms with Gasteiger partial charge >= 0.3 is 12.1 Å². The first-order valence-corrected chi connectivity index (χ1v) is 7.68. The number of nitrogens with two attached hydrogens (primary N) is 1. The van der Waals surface area contributed by atoms with Gasteiger partial charge in [-0.1, -0.05) is 6.07 Å². The second kappa shape index (κ2) is 7.52. The Morgan fingerprint density at radius 3 is 2.59 bits per heavy atom. The zero-order valence-corrected chi connectivity index (χ0v) is 14.8. The molecule has 122 valence electrons. The normalized spacial score (nSPS) is 12.4. The Morgan fingerprint density at radius 2 is 2.05 bits per heavy atom. The Hall–Kier alpha value is -1.71. The highest BCUT2D eigenvalue weighted by Gasteiger charge is 2.24. The van der Waals surface area contributed by atoms with Crippen LogP contribution in [0, 0.1) is 3.57 Å². The third-order valence-corrected chi connectivity index (χ3v) is 3.48. The third-order valence-electron chi connectivity index (χ3n) is 2.54. The summed E-state index contributed by atoms with van der Waals surface area (Å²) in [6.07, 6.45) is -0.780. The van der Waals surface area contributed by atoms with E-state index in [0.29, 0.717) is 11.4 Å². The van der Waals surface area contributed by atoms with Crippen LogP contribution in [-0.4, -0.2) is 35.4 Å². The van der Waals surface area contributed by atoms with E-state index in [4.69, 9.17) is 10.5 Å². The van der Waals surface area contributed by atoms with E-state index in [1.165, 1.54) is 0 Å². The molecule has 7 nitrogen and oxygen atoms in total. The number of carboxylic acids is 1. The quantitative estimate of drug-likeness (QED) is 0.429. The van der Waals surface area contributed by atoms with Gasteiger partial charge in [-0.25, -0.2) is 9.59 Å². The molecule has 8 heteroatoms. The van der Waals surface area contributed by atoms with Crippen LogP contribution in [0.15, 0.2) is 18.2 Å². The fourth-order valence-electron chi connectivity index (χ4n) is 1.55. The Balaban J connectivity index is 2.67. The summed E-state index contributed by atoms with van der Waals surface area (Å²) < 4.78 is 5.90. The van der Waals surface area contributed by atoms with Crippen LogP contribution in [0.3, 0.4) is 0 Å². The summed E-state index contributed by atoms with van der Waals surface area (Å²) in [7, 11) is 0. The summed E-state index contributed by atoms with van der Waals surface area (Å²) in [4.78, 5) is 22.9. The van der Waals surface area contributed by atoms with Crippen LogP contribution >= 0.6 is 22.6 Å². The van der Waals surface area contributed by atoms with Crippen LogP contribution in [0.25, 0.3) is 0 Å². The molecule has 0 fully saturated rings. The number of halogens is 1. The zero-order chi connectivity index (χ0) is 16.9. The number of rotatable bonds is 5. The summed E-state index contributed by atoms with van der Waals surface area (Å²) in [6, 6.07) is 4.25. The molecule has 0 aromatic heterocycles.